The van der Waals surface area contributed by atoms with E-state index in [1.807, 2.05) is 6.07 Å². The molecule has 4 rings (SSSR count). The number of phenolic OH excluding ortho intramolecular Hbond substituents is 1. The molecule has 2 aromatic carbocycles. The second-order valence-electron chi connectivity index (χ2n) is 8.30. The molecule has 0 bridgehead atoms. The van der Waals surface area contributed by atoms with E-state index in [0.29, 0.717) is 16.7 Å². The summed E-state index contributed by atoms with van der Waals surface area (Å²) in [6, 6.07) is 13.3. The molecule has 0 amide bonds. The number of benzene rings is 2. The fraction of sp³-hybridized carbons (Fsp3) is 0.455. The van der Waals surface area contributed by atoms with Gasteiger partial charge < -0.3 is 10.0 Å². The van der Waals surface area contributed by atoms with Gasteiger partial charge in [0.1, 0.15) is 0 Å². The van der Waals surface area contributed by atoms with Crippen LogP contribution in [0.1, 0.15) is 31.2 Å². The highest BCUT2D eigenvalue weighted by molar-refractivity contribution is 7.92. The number of fused-ring (bicyclic) bond motifs is 1. The Morgan fingerprint density at radius 3 is 2.36 bits per heavy atom. The lowest BCUT2D eigenvalue weighted by atomic mass is 10.0. The topological polar surface area (TPSA) is 57.6 Å². The number of rotatable bonds is 5. The Morgan fingerprint density at radius 2 is 1.75 bits per heavy atom. The number of likely N-dealkylation sites (tertiary alicyclic amines) is 1. The number of aromatic hydroxyl groups is 1. The van der Waals surface area contributed by atoms with Crippen molar-refractivity contribution in [3.8, 4) is 5.75 Å². The van der Waals surface area contributed by atoms with Gasteiger partial charge in [0, 0.05) is 19.6 Å². The normalized spacial score (nSPS) is 26.3. The maximum absolute atomic E-state index is 13.6. The molecule has 2 aliphatic rings. The van der Waals surface area contributed by atoms with Crippen molar-refractivity contribution in [1.82, 2.24) is 4.90 Å². The third-order valence-electron chi connectivity index (χ3n) is 6.37. The molecule has 1 saturated heterocycles. The van der Waals surface area contributed by atoms with Crippen molar-refractivity contribution in [2.24, 2.45) is 11.8 Å². The second-order valence-corrected chi connectivity index (χ2v) is 10.5. The van der Waals surface area contributed by atoms with Crippen LogP contribution in [0.3, 0.4) is 0 Å². The van der Waals surface area contributed by atoms with Crippen LogP contribution in [0.5, 0.6) is 5.75 Å². The van der Waals surface area contributed by atoms with Crippen molar-refractivity contribution in [1.29, 1.82) is 0 Å². The van der Waals surface area contributed by atoms with Crippen molar-refractivity contribution in [2.75, 3.05) is 19.6 Å². The molecule has 28 heavy (non-hydrogen) atoms. The molecule has 150 valence electrons. The summed E-state index contributed by atoms with van der Waals surface area (Å²) in [7, 11) is -3.26. The smallest absolute Gasteiger partial charge is 0.181 e. The Hall–Kier alpha value is -1.92. The molecule has 6 heteroatoms. The first-order valence-electron chi connectivity index (χ1n) is 9.84. The van der Waals surface area contributed by atoms with Crippen LogP contribution in [0.25, 0.3) is 0 Å². The van der Waals surface area contributed by atoms with Gasteiger partial charge in [-0.25, -0.2) is 12.8 Å². The fourth-order valence-electron chi connectivity index (χ4n) is 4.87. The molecule has 0 aromatic heterocycles. The maximum Gasteiger partial charge on any atom is 0.181 e. The van der Waals surface area contributed by atoms with Crippen LogP contribution in [-0.4, -0.2) is 43.3 Å². The van der Waals surface area contributed by atoms with Crippen LogP contribution in [0.4, 0.5) is 4.39 Å². The number of nitrogens with zero attached hydrogens (tertiary/aromatic N) is 1. The third kappa shape index (κ3) is 3.67. The van der Waals surface area contributed by atoms with Crippen LogP contribution < -0.4 is 0 Å². The lowest BCUT2D eigenvalue weighted by molar-refractivity contribution is 0.295. The van der Waals surface area contributed by atoms with E-state index in [1.54, 1.807) is 30.3 Å². The van der Waals surface area contributed by atoms with Gasteiger partial charge in [-0.2, -0.15) is 0 Å². The minimum absolute atomic E-state index is 0.151. The zero-order valence-corrected chi connectivity index (χ0v) is 16.8. The zero-order valence-electron chi connectivity index (χ0n) is 16.0. The minimum Gasteiger partial charge on any atom is -0.505 e. The summed E-state index contributed by atoms with van der Waals surface area (Å²) in [5, 5.41) is 9.08. The van der Waals surface area contributed by atoms with Gasteiger partial charge in [-0.1, -0.05) is 31.2 Å². The van der Waals surface area contributed by atoms with Crippen molar-refractivity contribution in [2.45, 2.75) is 35.8 Å². The molecule has 1 saturated carbocycles. The SMILES string of the molecule is CC(CN1C[C@H]2CC(S(=O)(=O)c3ccccc3)C[C@H]2C1)c1ccc(O)c(F)c1. The lowest BCUT2D eigenvalue weighted by Crippen LogP contribution is -2.28. The first kappa shape index (κ1) is 19.4. The molecule has 4 atom stereocenters. The van der Waals surface area contributed by atoms with E-state index in [1.165, 1.54) is 12.1 Å². The highest BCUT2D eigenvalue weighted by Gasteiger charge is 2.45. The first-order valence-corrected chi connectivity index (χ1v) is 11.4. The van der Waals surface area contributed by atoms with Gasteiger partial charge in [0.25, 0.3) is 0 Å². The molecule has 0 radical (unpaired) electrons. The fourth-order valence-corrected chi connectivity index (χ4v) is 6.79. The van der Waals surface area contributed by atoms with Gasteiger partial charge in [0.2, 0.25) is 0 Å². The van der Waals surface area contributed by atoms with E-state index in [0.717, 1.165) is 38.0 Å². The highest BCUT2D eigenvalue weighted by Crippen LogP contribution is 2.43. The van der Waals surface area contributed by atoms with E-state index >= 15 is 0 Å². The largest absolute Gasteiger partial charge is 0.505 e. The maximum atomic E-state index is 13.6. The summed E-state index contributed by atoms with van der Waals surface area (Å²) in [5.74, 6) is 0.0613. The number of sulfone groups is 1. The Balaban J connectivity index is 1.37. The molecule has 1 aliphatic heterocycles. The number of halogens is 1. The van der Waals surface area contributed by atoms with Gasteiger partial charge in [-0.15, -0.1) is 0 Å². The first-order chi connectivity index (χ1) is 13.3. The Bertz CT molecular complexity index is 934. The molecular formula is C22H26FNO3S. The Morgan fingerprint density at radius 1 is 1.11 bits per heavy atom. The Labute approximate surface area is 165 Å². The van der Waals surface area contributed by atoms with E-state index in [4.69, 9.17) is 0 Å². The summed E-state index contributed by atoms with van der Waals surface area (Å²) in [4.78, 5) is 2.80. The third-order valence-corrected chi connectivity index (χ3v) is 8.56. The van der Waals surface area contributed by atoms with Crippen LogP contribution in [-0.2, 0) is 9.84 Å². The molecule has 1 aliphatic carbocycles. The molecular weight excluding hydrogens is 377 g/mol. The summed E-state index contributed by atoms with van der Waals surface area (Å²) in [5.41, 5.74) is 0.872. The van der Waals surface area contributed by atoms with E-state index in [-0.39, 0.29) is 16.9 Å². The molecule has 2 fully saturated rings. The zero-order chi connectivity index (χ0) is 19.9. The van der Waals surface area contributed by atoms with Crippen LogP contribution in [0.15, 0.2) is 53.4 Å². The van der Waals surface area contributed by atoms with Crippen LogP contribution in [0.2, 0.25) is 0 Å². The molecule has 2 unspecified atom stereocenters. The number of hydrogen-bond donors (Lipinski definition) is 1. The standard InChI is InChI=1S/C22H26FNO3S/c1-15(16-7-8-22(25)21(23)11-16)12-24-13-17-9-20(10-18(17)14-24)28(26,27)19-5-3-2-4-6-19/h2-8,11,15,17-18,20,25H,9-10,12-14H2,1H3/t15?,17-,18+,20?. The van der Waals surface area contributed by atoms with E-state index in [2.05, 4.69) is 11.8 Å². The van der Waals surface area contributed by atoms with Crippen molar-refractivity contribution in [3.63, 3.8) is 0 Å². The van der Waals surface area contributed by atoms with Gasteiger partial charge in [0.05, 0.1) is 10.1 Å². The molecule has 0 spiro atoms. The van der Waals surface area contributed by atoms with Gasteiger partial charge >= 0.3 is 0 Å². The van der Waals surface area contributed by atoms with Crippen molar-refractivity contribution >= 4 is 9.84 Å². The quantitative estimate of drug-likeness (QED) is 0.825. The van der Waals surface area contributed by atoms with Crippen LogP contribution in [0, 0.1) is 17.7 Å². The Kier molecular flexibility index (Phi) is 5.19. The molecule has 2 aromatic rings. The average Bonchev–Trinajstić information content (AvgIpc) is 3.23. The van der Waals surface area contributed by atoms with Crippen molar-refractivity contribution in [3.05, 3.63) is 59.9 Å². The molecule has 4 nitrogen and oxygen atoms in total. The number of phenols is 1. The highest BCUT2D eigenvalue weighted by atomic mass is 32.2. The van der Waals surface area contributed by atoms with E-state index in [9.17, 15) is 17.9 Å². The average molecular weight is 404 g/mol. The predicted octanol–water partition coefficient (Wildman–Crippen LogP) is 3.82. The van der Waals surface area contributed by atoms with Crippen molar-refractivity contribution < 1.29 is 17.9 Å². The molecule has 1 N–H and O–H groups in total. The predicted molar refractivity (Wildman–Crippen MR) is 107 cm³/mol. The summed E-state index contributed by atoms with van der Waals surface area (Å²) in [6.07, 6.45) is 1.45. The summed E-state index contributed by atoms with van der Waals surface area (Å²) >= 11 is 0. The minimum atomic E-state index is -3.26. The number of hydrogen-bond acceptors (Lipinski definition) is 4. The summed E-state index contributed by atoms with van der Waals surface area (Å²) < 4.78 is 39.4. The van der Waals surface area contributed by atoms with Gasteiger partial charge in [-0.3, -0.25) is 0 Å². The second kappa shape index (κ2) is 7.48. The molecule has 1 heterocycles. The van der Waals surface area contributed by atoms with Gasteiger partial charge in [0.15, 0.2) is 21.4 Å². The monoisotopic (exact) mass is 403 g/mol. The summed E-state index contributed by atoms with van der Waals surface area (Å²) in [6.45, 7) is 4.67. The van der Waals surface area contributed by atoms with Crippen LogP contribution >= 0.6 is 0 Å². The lowest BCUT2D eigenvalue weighted by Gasteiger charge is -2.23. The van der Waals surface area contributed by atoms with Gasteiger partial charge in [-0.05, 0) is 60.4 Å². The van der Waals surface area contributed by atoms with E-state index < -0.39 is 15.7 Å².